The van der Waals surface area contributed by atoms with Crippen molar-refractivity contribution in [1.82, 2.24) is 14.1 Å². The number of hydrogen-bond acceptors (Lipinski definition) is 3. The molecule has 0 N–H and O–H groups in total. The number of sulfonamides is 1. The monoisotopic (exact) mass is 361 g/mol. The van der Waals surface area contributed by atoms with Crippen molar-refractivity contribution >= 4 is 10.0 Å². The lowest BCUT2D eigenvalue weighted by Gasteiger charge is -2.31. The molecule has 1 aromatic heterocycles. The van der Waals surface area contributed by atoms with Crippen molar-refractivity contribution in [3.05, 3.63) is 47.3 Å². The van der Waals surface area contributed by atoms with Crippen LogP contribution in [0.3, 0.4) is 0 Å². The van der Waals surface area contributed by atoms with Crippen LogP contribution in [0, 0.1) is 19.8 Å². The summed E-state index contributed by atoms with van der Waals surface area (Å²) in [6.07, 6.45) is 2.67. The molecule has 0 aliphatic carbocycles. The van der Waals surface area contributed by atoms with Crippen LogP contribution in [0.1, 0.15) is 36.7 Å². The van der Waals surface area contributed by atoms with Crippen LogP contribution in [0.15, 0.2) is 35.2 Å². The summed E-state index contributed by atoms with van der Waals surface area (Å²) < 4.78 is 29.3. The third kappa shape index (κ3) is 3.96. The molecule has 5 nitrogen and oxygen atoms in total. The molecule has 2 aromatic rings. The second kappa shape index (κ2) is 7.30. The molecule has 1 aromatic carbocycles. The maximum absolute atomic E-state index is 12.8. The Morgan fingerprint density at radius 1 is 1.12 bits per heavy atom. The van der Waals surface area contributed by atoms with Crippen molar-refractivity contribution in [3.8, 4) is 0 Å². The highest BCUT2D eigenvalue weighted by atomic mass is 32.2. The van der Waals surface area contributed by atoms with E-state index in [-0.39, 0.29) is 0 Å². The van der Waals surface area contributed by atoms with Crippen molar-refractivity contribution in [2.75, 3.05) is 13.1 Å². The third-order valence-corrected chi connectivity index (χ3v) is 6.99. The van der Waals surface area contributed by atoms with Gasteiger partial charge in [-0.25, -0.2) is 8.42 Å². The average Bonchev–Trinajstić information content (AvgIpc) is 2.92. The predicted octanol–water partition coefficient (Wildman–Crippen LogP) is 3.16. The first-order valence-electron chi connectivity index (χ1n) is 9.00. The SMILES string of the molecule is CCc1ccc(S(=O)(=O)N2CCC(Cn3nc(C)cc3C)CC2)cc1. The molecule has 1 aliphatic rings. The van der Waals surface area contributed by atoms with E-state index in [2.05, 4.69) is 25.0 Å². The summed E-state index contributed by atoms with van der Waals surface area (Å²) in [5, 5.41) is 4.52. The summed E-state index contributed by atoms with van der Waals surface area (Å²) >= 11 is 0. The van der Waals surface area contributed by atoms with E-state index in [9.17, 15) is 8.42 Å². The van der Waals surface area contributed by atoms with E-state index < -0.39 is 10.0 Å². The highest BCUT2D eigenvalue weighted by molar-refractivity contribution is 7.89. The molecule has 0 spiro atoms. The van der Waals surface area contributed by atoms with Crippen molar-refractivity contribution in [3.63, 3.8) is 0 Å². The summed E-state index contributed by atoms with van der Waals surface area (Å²) in [7, 11) is -3.38. The summed E-state index contributed by atoms with van der Waals surface area (Å²) in [6, 6.07) is 9.36. The lowest BCUT2D eigenvalue weighted by molar-refractivity contribution is 0.246. The number of hydrogen-bond donors (Lipinski definition) is 0. The first-order chi connectivity index (χ1) is 11.9. The van der Waals surface area contributed by atoms with Crippen molar-refractivity contribution in [2.45, 2.75) is 51.5 Å². The summed E-state index contributed by atoms with van der Waals surface area (Å²) in [5.74, 6) is 0.479. The van der Waals surface area contributed by atoms with Gasteiger partial charge in [0, 0.05) is 25.3 Å². The van der Waals surface area contributed by atoms with E-state index in [0.29, 0.717) is 23.9 Å². The van der Waals surface area contributed by atoms with Gasteiger partial charge in [0.1, 0.15) is 0 Å². The van der Waals surface area contributed by atoms with Gasteiger partial charge in [-0.2, -0.15) is 9.40 Å². The molecule has 0 radical (unpaired) electrons. The zero-order valence-electron chi connectivity index (χ0n) is 15.3. The van der Waals surface area contributed by atoms with E-state index in [0.717, 1.165) is 37.1 Å². The van der Waals surface area contributed by atoms with E-state index in [1.54, 1.807) is 16.4 Å². The molecule has 0 atom stereocenters. The average molecular weight is 362 g/mol. The number of rotatable bonds is 5. The van der Waals surface area contributed by atoms with Crippen molar-refractivity contribution in [2.24, 2.45) is 5.92 Å². The fourth-order valence-electron chi connectivity index (χ4n) is 3.48. The molecule has 6 heteroatoms. The van der Waals surface area contributed by atoms with Crippen LogP contribution < -0.4 is 0 Å². The molecule has 1 fully saturated rings. The topological polar surface area (TPSA) is 55.2 Å². The van der Waals surface area contributed by atoms with Gasteiger partial charge in [-0.3, -0.25) is 4.68 Å². The van der Waals surface area contributed by atoms with Crippen LogP contribution in [0.25, 0.3) is 0 Å². The zero-order chi connectivity index (χ0) is 18.0. The minimum absolute atomic E-state index is 0.404. The fraction of sp³-hybridized carbons (Fsp3) is 0.526. The Hall–Kier alpha value is -1.66. The Bertz CT molecular complexity index is 817. The summed E-state index contributed by atoms with van der Waals surface area (Å²) in [6.45, 7) is 8.18. The largest absolute Gasteiger partial charge is 0.269 e. The predicted molar refractivity (Wildman–Crippen MR) is 99.0 cm³/mol. The normalized spacial score (nSPS) is 17.1. The highest BCUT2D eigenvalue weighted by Gasteiger charge is 2.29. The maximum Gasteiger partial charge on any atom is 0.243 e. The van der Waals surface area contributed by atoms with Gasteiger partial charge in [-0.05, 0) is 62.8 Å². The Labute approximate surface area is 150 Å². The second-order valence-corrected chi connectivity index (χ2v) is 8.89. The Kier molecular flexibility index (Phi) is 5.29. The minimum Gasteiger partial charge on any atom is -0.269 e. The van der Waals surface area contributed by atoms with Gasteiger partial charge in [0.15, 0.2) is 0 Å². The molecule has 1 saturated heterocycles. The van der Waals surface area contributed by atoms with Gasteiger partial charge in [0.05, 0.1) is 10.6 Å². The minimum atomic E-state index is -3.38. The molecular formula is C19H27N3O2S. The molecule has 2 heterocycles. The van der Waals surface area contributed by atoms with Gasteiger partial charge in [-0.15, -0.1) is 0 Å². The maximum atomic E-state index is 12.8. The second-order valence-electron chi connectivity index (χ2n) is 6.95. The first kappa shape index (κ1) is 18.1. The lowest BCUT2D eigenvalue weighted by Crippen LogP contribution is -2.39. The zero-order valence-corrected chi connectivity index (χ0v) is 16.1. The number of aryl methyl sites for hydroxylation is 3. The van der Waals surface area contributed by atoms with Gasteiger partial charge in [0.25, 0.3) is 0 Å². The van der Waals surface area contributed by atoms with Crippen LogP contribution in [0.2, 0.25) is 0 Å². The quantitative estimate of drug-likeness (QED) is 0.822. The first-order valence-corrected chi connectivity index (χ1v) is 10.4. The van der Waals surface area contributed by atoms with Crippen molar-refractivity contribution < 1.29 is 8.42 Å². The number of aromatic nitrogens is 2. The van der Waals surface area contributed by atoms with Gasteiger partial charge >= 0.3 is 0 Å². The smallest absolute Gasteiger partial charge is 0.243 e. The van der Waals surface area contributed by atoms with Crippen LogP contribution in [0.4, 0.5) is 0 Å². The van der Waals surface area contributed by atoms with Crippen LogP contribution >= 0.6 is 0 Å². The van der Waals surface area contributed by atoms with E-state index in [1.807, 2.05) is 23.7 Å². The molecule has 0 saturated carbocycles. The van der Waals surface area contributed by atoms with Gasteiger partial charge in [-0.1, -0.05) is 19.1 Å². The molecule has 136 valence electrons. The van der Waals surface area contributed by atoms with Crippen LogP contribution in [0.5, 0.6) is 0 Å². The summed E-state index contributed by atoms with van der Waals surface area (Å²) in [4.78, 5) is 0.404. The molecule has 3 rings (SSSR count). The van der Waals surface area contributed by atoms with E-state index >= 15 is 0 Å². The van der Waals surface area contributed by atoms with Crippen LogP contribution in [-0.2, 0) is 23.0 Å². The molecule has 25 heavy (non-hydrogen) atoms. The number of benzene rings is 1. The standard InChI is InChI=1S/C19H27N3O2S/c1-4-17-5-7-19(8-6-17)25(23,24)21-11-9-18(10-12-21)14-22-16(3)13-15(2)20-22/h5-8,13,18H,4,9-12,14H2,1-3H3. The van der Waals surface area contributed by atoms with Crippen LogP contribution in [-0.4, -0.2) is 35.6 Å². The third-order valence-electron chi connectivity index (χ3n) is 5.08. The highest BCUT2D eigenvalue weighted by Crippen LogP contribution is 2.25. The lowest BCUT2D eigenvalue weighted by atomic mass is 9.98. The molecule has 0 bridgehead atoms. The van der Waals surface area contributed by atoms with Gasteiger partial charge < -0.3 is 0 Å². The molecule has 1 aliphatic heterocycles. The Morgan fingerprint density at radius 3 is 2.28 bits per heavy atom. The summed E-state index contributed by atoms with van der Waals surface area (Å²) in [5.41, 5.74) is 3.36. The van der Waals surface area contributed by atoms with E-state index in [1.165, 1.54) is 5.69 Å². The molecule has 0 unspecified atom stereocenters. The fourth-order valence-corrected chi connectivity index (χ4v) is 4.95. The number of piperidine rings is 1. The number of nitrogens with zero attached hydrogens (tertiary/aromatic N) is 3. The molecule has 0 amide bonds. The Morgan fingerprint density at radius 2 is 1.76 bits per heavy atom. The van der Waals surface area contributed by atoms with Gasteiger partial charge in [0.2, 0.25) is 10.0 Å². The van der Waals surface area contributed by atoms with E-state index in [4.69, 9.17) is 0 Å². The Balaban J connectivity index is 1.63. The molecular weight excluding hydrogens is 334 g/mol. The van der Waals surface area contributed by atoms with Crippen molar-refractivity contribution in [1.29, 1.82) is 0 Å².